The van der Waals surface area contributed by atoms with Gasteiger partial charge in [-0.3, -0.25) is 14.4 Å². The van der Waals surface area contributed by atoms with Crippen LogP contribution < -0.4 is 14.4 Å². The van der Waals surface area contributed by atoms with Crippen LogP contribution in [0.25, 0.3) is 0 Å². The van der Waals surface area contributed by atoms with Gasteiger partial charge in [0.2, 0.25) is 3.79 Å². The number of amides is 3. The second-order valence-corrected chi connectivity index (χ2v) is 11.2. The van der Waals surface area contributed by atoms with Crippen LogP contribution in [0.4, 0.5) is 10.5 Å². The number of rotatable bonds is 11. The number of halogens is 3. The van der Waals surface area contributed by atoms with Crippen LogP contribution in [-0.2, 0) is 19.1 Å². The molecule has 3 rings (SSSR count). The maximum absolute atomic E-state index is 13.4. The third-order valence-electron chi connectivity index (χ3n) is 5.96. The highest BCUT2D eigenvalue weighted by atomic mass is 35.6. The molecule has 208 valence electrons. The molecule has 38 heavy (non-hydrogen) atoms. The third-order valence-corrected chi connectivity index (χ3v) is 6.29. The summed E-state index contributed by atoms with van der Waals surface area (Å²) in [7, 11) is 1.43. The summed E-state index contributed by atoms with van der Waals surface area (Å²) < 4.78 is 19.7. The zero-order valence-electron chi connectivity index (χ0n) is 20.9. The number of benzene rings is 1. The summed E-state index contributed by atoms with van der Waals surface area (Å²) in [4.78, 5) is 53.7. The number of alkyl halides is 3. The second-order valence-electron chi connectivity index (χ2n) is 8.65. The highest BCUT2D eigenvalue weighted by Gasteiger charge is 2.45. The molecule has 0 saturated carbocycles. The molecule has 0 unspecified atom stereocenters. The first-order valence-corrected chi connectivity index (χ1v) is 13.2. The van der Waals surface area contributed by atoms with Crippen LogP contribution in [0.5, 0.6) is 11.5 Å². The van der Waals surface area contributed by atoms with E-state index < -0.39 is 27.8 Å². The van der Waals surface area contributed by atoms with Crippen LogP contribution in [0.3, 0.4) is 0 Å². The number of imide groups is 1. The monoisotopic (exact) mass is 590 g/mol. The summed E-state index contributed by atoms with van der Waals surface area (Å²) in [6.07, 6.45) is 3.49. The van der Waals surface area contributed by atoms with Crippen molar-refractivity contribution in [3.63, 3.8) is 0 Å². The Balaban J connectivity index is 1.72. The predicted octanol–water partition coefficient (Wildman–Crippen LogP) is 4.82. The van der Waals surface area contributed by atoms with E-state index in [4.69, 9.17) is 53.8 Å². The lowest BCUT2D eigenvalue weighted by Gasteiger charge is -2.24. The first-order valence-electron chi connectivity index (χ1n) is 12.1. The molecule has 2 aliphatic heterocycles. The highest BCUT2D eigenvalue weighted by molar-refractivity contribution is 6.67. The van der Waals surface area contributed by atoms with E-state index in [1.165, 1.54) is 30.2 Å². The zero-order chi connectivity index (χ0) is 27.9. The molecule has 1 atom stereocenters. The number of methoxy groups -OCH3 is 1. The molecule has 2 heterocycles. The van der Waals surface area contributed by atoms with E-state index >= 15 is 0 Å². The number of anilines is 1. The van der Waals surface area contributed by atoms with Gasteiger partial charge >= 0.3 is 12.1 Å². The van der Waals surface area contributed by atoms with Crippen molar-refractivity contribution in [2.24, 2.45) is 0 Å². The Kier molecular flexibility index (Phi) is 10.5. The quantitative estimate of drug-likeness (QED) is 0.156. The van der Waals surface area contributed by atoms with E-state index in [0.29, 0.717) is 38.6 Å². The fraction of sp³-hybridized carbons (Fsp3) is 0.520. The summed E-state index contributed by atoms with van der Waals surface area (Å²) in [5.41, 5.74) is 0.201. The molecule has 0 bridgehead atoms. The van der Waals surface area contributed by atoms with Crippen molar-refractivity contribution < 1.29 is 38.1 Å². The predicted molar refractivity (Wildman–Crippen MR) is 141 cm³/mol. The smallest absolute Gasteiger partial charge is 0.421 e. The van der Waals surface area contributed by atoms with E-state index in [1.807, 2.05) is 0 Å². The summed E-state index contributed by atoms with van der Waals surface area (Å²) >= 11 is 16.7. The first-order chi connectivity index (χ1) is 18.1. The average molecular weight is 592 g/mol. The van der Waals surface area contributed by atoms with Gasteiger partial charge in [-0.05, 0) is 38.2 Å². The summed E-state index contributed by atoms with van der Waals surface area (Å²) in [5.74, 6) is -0.861. The number of ether oxygens (including phenoxy) is 4. The van der Waals surface area contributed by atoms with Gasteiger partial charge in [0.25, 0.3) is 11.8 Å². The molecule has 0 spiro atoms. The van der Waals surface area contributed by atoms with E-state index in [9.17, 15) is 19.2 Å². The lowest BCUT2D eigenvalue weighted by molar-refractivity contribution is -0.143. The van der Waals surface area contributed by atoms with Gasteiger partial charge in [0.15, 0.2) is 11.5 Å². The molecule has 0 aliphatic carbocycles. The Bertz CT molecular complexity index is 1080. The van der Waals surface area contributed by atoms with Crippen LogP contribution in [0, 0.1) is 0 Å². The minimum Gasteiger partial charge on any atom is -0.493 e. The van der Waals surface area contributed by atoms with E-state index in [0.717, 1.165) is 4.90 Å². The molecule has 2 aliphatic rings. The number of fused-ring (bicyclic) bond motifs is 2. The largest absolute Gasteiger partial charge is 0.493 e. The van der Waals surface area contributed by atoms with Crippen molar-refractivity contribution in [1.29, 1.82) is 0 Å². The van der Waals surface area contributed by atoms with E-state index in [-0.39, 0.29) is 54.9 Å². The Morgan fingerprint density at radius 2 is 1.89 bits per heavy atom. The van der Waals surface area contributed by atoms with Gasteiger partial charge in [0, 0.05) is 19.0 Å². The van der Waals surface area contributed by atoms with Crippen LogP contribution in [0.2, 0.25) is 0 Å². The maximum Gasteiger partial charge on any atom is 0.421 e. The van der Waals surface area contributed by atoms with Gasteiger partial charge in [0.1, 0.15) is 19.3 Å². The number of hydrogen-bond acceptors (Lipinski definition) is 8. The lowest BCUT2D eigenvalue weighted by atomic mass is 10.1. The van der Waals surface area contributed by atoms with Crippen molar-refractivity contribution in [3.8, 4) is 11.5 Å². The van der Waals surface area contributed by atoms with Gasteiger partial charge in [-0.2, -0.15) is 0 Å². The van der Waals surface area contributed by atoms with Gasteiger partial charge in [0.05, 0.1) is 25.0 Å². The van der Waals surface area contributed by atoms with E-state index in [2.05, 4.69) is 6.58 Å². The Labute approximate surface area is 235 Å². The minimum atomic E-state index is -1.65. The van der Waals surface area contributed by atoms with Crippen LogP contribution in [0.15, 0.2) is 24.8 Å². The average Bonchev–Trinajstić information content (AvgIpc) is 3.35. The number of esters is 1. The molecule has 0 radical (unpaired) electrons. The standard InChI is InChI=1S/C25H29Cl3N2O8/c1-3-11-37-24(34)30-18-14-20(36-12-6-4-5-9-21(31)38-15-25(26,27)28)19(35-2)13-16(18)22(32)29-10-7-8-17(29)23(30)33/h3,13-14,17H,1,4-12,15H2,2H3/t17-/m0/s1. The summed E-state index contributed by atoms with van der Waals surface area (Å²) in [5, 5.41) is 0. The molecule has 1 fully saturated rings. The van der Waals surface area contributed by atoms with Crippen molar-refractivity contribution in [3.05, 3.63) is 30.4 Å². The molecule has 1 aromatic carbocycles. The summed E-state index contributed by atoms with van der Waals surface area (Å²) in [6.45, 7) is 3.76. The Hall–Kier alpha value is -2.69. The molecule has 1 saturated heterocycles. The molecular formula is C25H29Cl3N2O8. The third kappa shape index (κ3) is 7.45. The fourth-order valence-electron chi connectivity index (χ4n) is 4.21. The number of unbranched alkanes of at least 4 members (excludes halogenated alkanes) is 2. The van der Waals surface area contributed by atoms with Crippen molar-refractivity contribution in [2.75, 3.05) is 38.4 Å². The molecule has 0 aromatic heterocycles. The molecule has 3 amide bonds. The number of carbonyl (C=O) groups excluding carboxylic acids is 4. The van der Waals surface area contributed by atoms with Crippen LogP contribution >= 0.6 is 34.8 Å². The van der Waals surface area contributed by atoms with Crippen molar-refractivity contribution >= 4 is 64.4 Å². The molecule has 13 heteroatoms. The normalized spacial score (nSPS) is 16.9. The van der Waals surface area contributed by atoms with Gasteiger partial charge in [-0.1, -0.05) is 47.5 Å². The topological polar surface area (TPSA) is 112 Å². The molecule has 10 nitrogen and oxygen atoms in total. The Morgan fingerprint density at radius 3 is 2.58 bits per heavy atom. The first kappa shape index (κ1) is 29.9. The summed E-state index contributed by atoms with van der Waals surface area (Å²) in [6, 6.07) is 2.15. The number of carbonyl (C=O) groups is 4. The number of hydrogen-bond donors (Lipinski definition) is 0. The van der Waals surface area contributed by atoms with Crippen LogP contribution in [-0.4, -0.2) is 72.1 Å². The molecular weight excluding hydrogens is 563 g/mol. The van der Waals surface area contributed by atoms with E-state index in [1.54, 1.807) is 0 Å². The maximum atomic E-state index is 13.4. The highest BCUT2D eigenvalue weighted by Crippen LogP contribution is 2.40. The SMILES string of the molecule is C=CCOC(=O)N1C(=O)[C@@H]2CCCN2C(=O)c2cc(OC)c(OCCCCCC(=O)OCC(Cl)(Cl)Cl)cc21. The lowest BCUT2D eigenvalue weighted by Crippen LogP contribution is -2.47. The minimum absolute atomic E-state index is 0.0657. The fourth-order valence-corrected chi connectivity index (χ4v) is 4.38. The molecule has 1 aromatic rings. The van der Waals surface area contributed by atoms with Gasteiger partial charge in [-0.15, -0.1) is 0 Å². The second kappa shape index (κ2) is 13.4. The number of nitrogens with zero attached hydrogens (tertiary/aromatic N) is 2. The van der Waals surface area contributed by atoms with Crippen molar-refractivity contribution in [1.82, 2.24) is 4.90 Å². The zero-order valence-corrected chi connectivity index (χ0v) is 23.1. The van der Waals surface area contributed by atoms with Crippen LogP contribution in [0.1, 0.15) is 48.9 Å². The molecule has 0 N–H and O–H groups in total. The van der Waals surface area contributed by atoms with Gasteiger partial charge < -0.3 is 23.8 Å². The Morgan fingerprint density at radius 1 is 1.13 bits per heavy atom. The van der Waals surface area contributed by atoms with Crippen molar-refractivity contribution in [2.45, 2.75) is 48.4 Å². The van der Waals surface area contributed by atoms with Gasteiger partial charge in [-0.25, -0.2) is 9.69 Å².